The van der Waals surface area contributed by atoms with Crippen molar-refractivity contribution in [1.29, 1.82) is 0 Å². The van der Waals surface area contributed by atoms with Gasteiger partial charge in [0.2, 0.25) is 0 Å². The minimum absolute atomic E-state index is 0.105. The summed E-state index contributed by atoms with van der Waals surface area (Å²) in [7, 11) is 0. The number of esters is 1. The number of carbonyl (C=O) groups excluding carboxylic acids is 1. The van der Waals surface area contributed by atoms with Crippen molar-refractivity contribution < 1.29 is 9.53 Å². The lowest BCUT2D eigenvalue weighted by molar-refractivity contribution is -0.141. The Morgan fingerprint density at radius 2 is 2.28 bits per heavy atom. The van der Waals surface area contributed by atoms with Crippen molar-refractivity contribution in [3.63, 3.8) is 0 Å². The predicted octanol–water partition coefficient (Wildman–Crippen LogP) is 1.15. The third kappa shape index (κ3) is 3.97. The van der Waals surface area contributed by atoms with Crippen molar-refractivity contribution in [2.45, 2.75) is 20.3 Å². The lowest BCUT2D eigenvalue weighted by Crippen LogP contribution is -2.34. The first kappa shape index (κ1) is 14.9. The van der Waals surface area contributed by atoms with E-state index in [4.69, 9.17) is 4.74 Å². The van der Waals surface area contributed by atoms with Crippen LogP contribution in [0.3, 0.4) is 0 Å². The number of anilines is 1. The smallest absolute Gasteiger partial charge is 0.325 e. The molecule has 0 aliphatic heterocycles. The third-order valence-corrected chi connectivity index (χ3v) is 3.17. The van der Waals surface area contributed by atoms with Gasteiger partial charge in [0, 0.05) is 6.54 Å². The first-order valence-corrected chi connectivity index (χ1v) is 6.81. The molecule has 1 heterocycles. The number of aromatic amines is 1. The lowest BCUT2D eigenvalue weighted by Gasteiger charge is -2.22. The summed E-state index contributed by atoms with van der Waals surface area (Å²) < 4.78 is 5.39. The van der Waals surface area contributed by atoms with Gasteiger partial charge in [-0.25, -0.2) is 4.98 Å². The van der Waals surface area contributed by atoms with Gasteiger partial charge in [0.25, 0.3) is 5.56 Å². The SMILES string of the molecule is CCCN(CC(=O)OCC)c1nc[nH]c(=O)c1I. The minimum Gasteiger partial charge on any atom is -0.465 e. The Morgan fingerprint density at radius 3 is 2.89 bits per heavy atom. The van der Waals surface area contributed by atoms with E-state index in [1.54, 1.807) is 11.8 Å². The van der Waals surface area contributed by atoms with Gasteiger partial charge in [0.05, 0.1) is 12.9 Å². The fraction of sp³-hybridized carbons (Fsp3) is 0.545. The summed E-state index contributed by atoms with van der Waals surface area (Å²) in [4.78, 5) is 31.4. The van der Waals surface area contributed by atoms with E-state index in [0.29, 0.717) is 22.5 Å². The average molecular weight is 365 g/mol. The summed E-state index contributed by atoms with van der Waals surface area (Å²) in [5.41, 5.74) is -0.203. The van der Waals surface area contributed by atoms with Gasteiger partial charge in [-0.1, -0.05) is 6.92 Å². The highest BCUT2D eigenvalue weighted by Crippen LogP contribution is 2.15. The van der Waals surface area contributed by atoms with Gasteiger partial charge in [-0.05, 0) is 35.9 Å². The molecule has 1 rings (SSSR count). The molecule has 1 N–H and O–H groups in total. The number of H-pyrrole nitrogens is 1. The number of rotatable bonds is 6. The van der Waals surface area contributed by atoms with Crippen LogP contribution in [-0.4, -0.2) is 35.6 Å². The predicted molar refractivity (Wildman–Crippen MR) is 76.7 cm³/mol. The number of aromatic nitrogens is 2. The normalized spacial score (nSPS) is 10.2. The molecule has 100 valence electrons. The van der Waals surface area contributed by atoms with Gasteiger partial charge in [0.1, 0.15) is 15.9 Å². The van der Waals surface area contributed by atoms with Crippen molar-refractivity contribution in [1.82, 2.24) is 9.97 Å². The van der Waals surface area contributed by atoms with Crippen LogP contribution in [0.15, 0.2) is 11.1 Å². The monoisotopic (exact) mass is 365 g/mol. The molecule has 0 aliphatic rings. The Kier molecular flexibility index (Phi) is 6.10. The maximum Gasteiger partial charge on any atom is 0.325 e. The summed E-state index contributed by atoms with van der Waals surface area (Å²) in [6.07, 6.45) is 2.19. The van der Waals surface area contributed by atoms with Crippen LogP contribution in [0, 0.1) is 3.57 Å². The number of hydrogen-bond acceptors (Lipinski definition) is 5. The number of nitrogens with one attached hydrogen (secondary N) is 1. The average Bonchev–Trinajstić information content (AvgIpc) is 2.32. The van der Waals surface area contributed by atoms with Gasteiger partial charge in [0.15, 0.2) is 0 Å². The maximum atomic E-state index is 11.5. The molecule has 6 nitrogen and oxygen atoms in total. The molecule has 0 radical (unpaired) electrons. The zero-order chi connectivity index (χ0) is 13.5. The molecule has 0 saturated heterocycles. The molecule has 0 saturated carbocycles. The van der Waals surface area contributed by atoms with E-state index >= 15 is 0 Å². The van der Waals surface area contributed by atoms with E-state index in [0.717, 1.165) is 6.42 Å². The largest absolute Gasteiger partial charge is 0.465 e. The molecule has 7 heteroatoms. The standard InChI is InChI=1S/C11H16IN3O3/c1-3-5-15(6-8(16)18-4-2)10-9(12)11(17)14-7-13-10/h7H,3-6H2,1-2H3,(H,13,14,17). The summed E-state index contributed by atoms with van der Waals surface area (Å²) >= 11 is 1.93. The van der Waals surface area contributed by atoms with Crippen LogP contribution in [-0.2, 0) is 9.53 Å². The van der Waals surface area contributed by atoms with Crippen molar-refractivity contribution in [2.75, 3.05) is 24.6 Å². The summed E-state index contributed by atoms with van der Waals surface area (Å²) in [5.74, 6) is 0.207. The van der Waals surface area contributed by atoms with Crippen LogP contribution in [0.4, 0.5) is 5.82 Å². The fourth-order valence-electron chi connectivity index (χ4n) is 1.49. The second-order valence-corrected chi connectivity index (χ2v) is 4.67. The molecular weight excluding hydrogens is 349 g/mol. The van der Waals surface area contributed by atoms with Crippen molar-refractivity contribution in [3.05, 3.63) is 20.3 Å². The Labute approximate surface area is 119 Å². The molecular formula is C11H16IN3O3. The molecule has 18 heavy (non-hydrogen) atoms. The molecule has 0 fully saturated rings. The van der Waals surface area contributed by atoms with E-state index < -0.39 is 0 Å². The van der Waals surface area contributed by atoms with E-state index in [1.165, 1.54) is 6.33 Å². The molecule has 1 aromatic heterocycles. The molecule has 0 spiro atoms. The van der Waals surface area contributed by atoms with E-state index in [2.05, 4.69) is 9.97 Å². The lowest BCUT2D eigenvalue weighted by atomic mass is 10.4. The van der Waals surface area contributed by atoms with Gasteiger partial charge >= 0.3 is 5.97 Å². The van der Waals surface area contributed by atoms with Crippen molar-refractivity contribution in [2.24, 2.45) is 0 Å². The number of carbonyl (C=O) groups is 1. The Balaban J connectivity index is 2.93. The number of hydrogen-bond donors (Lipinski definition) is 1. The van der Waals surface area contributed by atoms with Gasteiger partial charge < -0.3 is 14.6 Å². The fourth-order valence-corrected chi connectivity index (χ4v) is 2.12. The first-order valence-electron chi connectivity index (χ1n) is 5.73. The maximum absolute atomic E-state index is 11.5. The summed E-state index contributed by atoms with van der Waals surface area (Å²) in [6.45, 7) is 4.85. The summed E-state index contributed by atoms with van der Waals surface area (Å²) in [6, 6.07) is 0. The zero-order valence-electron chi connectivity index (χ0n) is 10.4. The molecule has 0 unspecified atom stereocenters. The first-order chi connectivity index (χ1) is 8.60. The highest BCUT2D eigenvalue weighted by Gasteiger charge is 2.17. The van der Waals surface area contributed by atoms with Gasteiger partial charge in [-0.2, -0.15) is 0 Å². The molecule has 0 amide bonds. The highest BCUT2D eigenvalue weighted by atomic mass is 127. The van der Waals surface area contributed by atoms with Crippen molar-refractivity contribution in [3.8, 4) is 0 Å². The van der Waals surface area contributed by atoms with Gasteiger partial charge in [-0.15, -0.1) is 0 Å². The van der Waals surface area contributed by atoms with E-state index in [9.17, 15) is 9.59 Å². The minimum atomic E-state index is -0.316. The van der Waals surface area contributed by atoms with Crippen molar-refractivity contribution >= 4 is 34.4 Å². The second kappa shape index (κ2) is 7.34. The molecule has 0 atom stereocenters. The van der Waals surface area contributed by atoms with Crippen LogP contribution in [0.2, 0.25) is 0 Å². The molecule has 1 aromatic rings. The molecule has 0 aromatic carbocycles. The van der Waals surface area contributed by atoms with Crippen LogP contribution >= 0.6 is 22.6 Å². The summed E-state index contributed by atoms with van der Waals surface area (Å²) in [5, 5.41) is 0. The number of ether oxygens (including phenoxy) is 1. The van der Waals surface area contributed by atoms with Crippen LogP contribution in [0.25, 0.3) is 0 Å². The van der Waals surface area contributed by atoms with Gasteiger partial charge in [-0.3, -0.25) is 9.59 Å². The molecule has 0 aliphatic carbocycles. The second-order valence-electron chi connectivity index (χ2n) is 3.60. The number of halogens is 1. The van der Waals surface area contributed by atoms with Crippen LogP contribution in [0.1, 0.15) is 20.3 Å². The Bertz CT molecular complexity index is 461. The number of nitrogens with zero attached hydrogens (tertiary/aromatic N) is 2. The molecule has 0 bridgehead atoms. The zero-order valence-corrected chi connectivity index (χ0v) is 12.6. The quantitative estimate of drug-likeness (QED) is 0.605. The van der Waals surface area contributed by atoms with E-state index in [-0.39, 0.29) is 18.1 Å². The van der Waals surface area contributed by atoms with Crippen LogP contribution < -0.4 is 10.5 Å². The van der Waals surface area contributed by atoms with Crippen LogP contribution in [0.5, 0.6) is 0 Å². The Hall–Kier alpha value is -1.12. The highest BCUT2D eigenvalue weighted by molar-refractivity contribution is 14.1. The van der Waals surface area contributed by atoms with E-state index in [1.807, 2.05) is 29.5 Å². The Morgan fingerprint density at radius 1 is 1.56 bits per heavy atom. The third-order valence-electron chi connectivity index (χ3n) is 2.20. The topological polar surface area (TPSA) is 75.3 Å².